The van der Waals surface area contributed by atoms with E-state index in [1.54, 1.807) is 32.6 Å². The molecule has 42 heavy (non-hydrogen) atoms. The fraction of sp³-hybridized carbons (Fsp3) is 0.300. The van der Waals surface area contributed by atoms with Crippen LogP contribution in [0.4, 0.5) is 17.5 Å². The van der Waals surface area contributed by atoms with E-state index in [1.807, 2.05) is 18.2 Å². The number of pyridine rings is 1. The van der Waals surface area contributed by atoms with Gasteiger partial charge in [-0.05, 0) is 63.3 Å². The number of amides is 1. The minimum Gasteiger partial charge on any atom is -0.480 e. The first-order valence-electron chi connectivity index (χ1n) is 14.0. The number of rotatable bonds is 5. The van der Waals surface area contributed by atoms with Gasteiger partial charge in [0.05, 0.1) is 6.54 Å². The van der Waals surface area contributed by atoms with Crippen LogP contribution in [0.3, 0.4) is 0 Å². The van der Waals surface area contributed by atoms with E-state index in [0.29, 0.717) is 47.5 Å². The van der Waals surface area contributed by atoms with E-state index >= 15 is 0 Å². The third-order valence-corrected chi connectivity index (χ3v) is 7.64. The van der Waals surface area contributed by atoms with Gasteiger partial charge in [-0.1, -0.05) is 12.2 Å². The summed E-state index contributed by atoms with van der Waals surface area (Å²) in [6.45, 7) is 2.72. The fourth-order valence-corrected chi connectivity index (χ4v) is 5.47. The maximum atomic E-state index is 13.5. The second-order valence-electron chi connectivity index (χ2n) is 10.8. The highest BCUT2D eigenvalue weighted by molar-refractivity contribution is 5.96. The number of fused-ring (bicyclic) bond motifs is 6. The van der Waals surface area contributed by atoms with Crippen LogP contribution in [0.2, 0.25) is 0 Å². The summed E-state index contributed by atoms with van der Waals surface area (Å²) in [7, 11) is 4.14. The van der Waals surface area contributed by atoms with Crippen molar-refractivity contribution in [1.29, 1.82) is 0 Å². The average Bonchev–Trinajstić information content (AvgIpc) is 3.51. The van der Waals surface area contributed by atoms with Crippen LogP contribution >= 0.6 is 0 Å². The number of likely N-dealkylation sites (N-methyl/N-ethyl adjacent to an activating group) is 1. The Kier molecular flexibility index (Phi) is 6.46. The van der Waals surface area contributed by atoms with E-state index in [0.717, 1.165) is 42.5 Å². The van der Waals surface area contributed by atoms with E-state index < -0.39 is 0 Å². The molecule has 12 heteroatoms. The first kappa shape index (κ1) is 26.0. The van der Waals surface area contributed by atoms with Crippen LogP contribution in [0.1, 0.15) is 12.8 Å². The molecule has 0 saturated carbocycles. The molecule has 7 rings (SSSR count). The second kappa shape index (κ2) is 10.5. The number of ether oxygens (including phenoxy) is 1. The Hall–Kier alpha value is -4.97. The third kappa shape index (κ3) is 4.59. The molecule has 214 valence electrons. The minimum absolute atomic E-state index is 0.0180. The summed E-state index contributed by atoms with van der Waals surface area (Å²) >= 11 is 0. The SMILES string of the molecule is CN(C)CCn1ccc2cc(Nc3ncc4c(=O)n5n(c4n3)-c3ccc4c(n3)N(CCCC=CC5)C(=O)CO4)ccc21. The van der Waals surface area contributed by atoms with Crippen molar-refractivity contribution < 1.29 is 9.53 Å². The van der Waals surface area contributed by atoms with Crippen molar-refractivity contribution in [3.05, 3.63) is 71.3 Å². The average molecular weight is 566 g/mol. The highest BCUT2D eigenvalue weighted by Crippen LogP contribution is 2.32. The Labute approximate surface area is 241 Å². The van der Waals surface area contributed by atoms with Gasteiger partial charge in [-0.25, -0.2) is 19.3 Å². The molecule has 1 N–H and O–H groups in total. The van der Waals surface area contributed by atoms with Gasteiger partial charge in [0.1, 0.15) is 5.39 Å². The highest BCUT2D eigenvalue weighted by atomic mass is 16.5. The van der Waals surface area contributed by atoms with E-state index in [-0.39, 0.29) is 18.1 Å². The molecule has 1 amide bonds. The molecule has 2 aliphatic heterocycles. The summed E-state index contributed by atoms with van der Waals surface area (Å²) in [4.78, 5) is 44.1. The van der Waals surface area contributed by atoms with Crippen molar-refractivity contribution in [2.24, 2.45) is 0 Å². The number of hydrogen-bond donors (Lipinski definition) is 1. The number of hydrogen-bond acceptors (Lipinski definition) is 8. The number of anilines is 3. The highest BCUT2D eigenvalue weighted by Gasteiger charge is 2.28. The van der Waals surface area contributed by atoms with Gasteiger partial charge in [0.2, 0.25) is 5.95 Å². The van der Waals surface area contributed by atoms with Crippen molar-refractivity contribution in [2.45, 2.75) is 25.9 Å². The molecule has 6 heterocycles. The molecule has 0 fully saturated rings. The minimum atomic E-state index is -0.220. The molecule has 0 saturated heterocycles. The molecular weight excluding hydrogens is 534 g/mol. The molecule has 0 atom stereocenters. The van der Waals surface area contributed by atoms with Crippen LogP contribution in [0.25, 0.3) is 27.8 Å². The lowest BCUT2D eigenvalue weighted by molar-refractivity contribution is -0.121. The molecule has 5 aromatic rings. The number of carbonyl (C=O) groups is 1. The molecule has 2 aliphatic rings. The molecule has 0 spiro atoms. The Balaban J connectivity index is 1.29. The van der Waals surface area contributed by atoms with Crippen LogP contribution in [0.15, 0.2) is 65.7 Å². The van der Waals surface area contributed by atoms with Crippen molar-refractivity contribution in [3.8, 4) is 11.6 Å². The van der Waals surface area contributed by atoms with Gasteiger partial charge in [0.15, 0.2) is 29.6 Å². The summed E-state index contributed by atoms with van der Waals surface area (Å²) in [5.41, 5.74) is 2.19. The monoisotopic (exact) mass is 565 g/mol. The second-order valence-corrected chi connectivity index (χ2v) is 10.8. The molecule has 0 aliphatic carbocycles. The molecule has 0 unspecified atom stereocenters. The first-order valence-corrected chi connectivity index (χ1v) is 14.0. The summed E-state index contributed by atoms with van der Waals surface area (Å²) in [6.07, 6.45) is 9.19. The smallest absolute Gasteiger partial charge is 0.278 e. The maximum Gasteiger partial charge on any atom is 0.278 e. The zero-order valence-electron chi connectivity index (χ0n) is 23.5. The number of carbonyl (C=O) groups excluding carboxylic acids is 1. The zero-order chi connectivity index (χ0) is 28.8. The Morgan fingerprint density at radius 1 is 1.07 bits per heavy atom. The topological polar surface area (TPSA) is 115 Å². The van der Waals surface area contributed by atoms with Gasteiger partial charge in [0, 0.05) is 48.6 Å². The van der Waals surface area contributed by atoms with Gasteiger partial charge < -0.3 is 19.5 Å². The lowest BCUT2D eigenvalue weighted by Gasteiger charge is -2.28. The standard InChI is InChI=1S/C30H31N9O3/c1-35(2)15-16-36-14-11-20-17-21(7-8-23(20)36)32-30-31-18-22-27(34-30)39-25-10-9-24-28(33-25)37(26(40)19-42-24)12-5-3-4-6-13-38(39)29(22)41/h4,6-11,14,17-18H,3,5,12-13,15-16,19H2,1-2H3,(H,31,32,34). The first-order chi connectivity index (χ1) is 20.5. The van der Waals surface area contributed by atoms with Crippen LogP contribution in [0.5, 0.6) is 5.75 Å². The van der Waals surface area contributed by atoms with Gasteiger partial charge in [-0.2, -0.15) is 4.98 Å². The van der Waals surface area contributed by atoms with Crippen molar-refractivity contribution in [3.63, 3.8) is 0 Å². The number of allylic oxidation sites excluding steroid dienone is 2. The molecular formula is C30H31N9O3. The van der Waals surface area contributed by atoms with Gasteiger partial charge in [0.25, 0.3) is 11.5 Å². The van der Waals surface area contributed by atoms with Crippen molar-refractivity contribution in [1.82, 2.24) is 33.8 Å². The van der Waals surface area contributed by atoms with Crippen LogP contribution in [-0.4, -0.2) is 73.5 Å². The van der Waals surface area contributed by atoms with Crippen molar-refractivity contribution >= 4 is 45.3 Å². The Bertz CT molecular complexity index is 1920. The van der Waals surface area contributed by atoms with Crippen LogP contribution in [0, 0.1) is 0 Å². The third-order valence-electron chi connectivity index (χ3n) is 7.64. The number of nitrogens with zero attached hydrogens (tertiary/aromatic N) is 8. The zero-order valence-corrected chi connectivity index (χ0v) is 23.5. The number of benzene rings is 1. The maximum absolute atomic E-state index is 13.5. The fourth-order valence-electron chi connectivity index (χ4n) is 5.47. The largest absolute Gasteiger partial charge is 0.480 e. The Morgan fingerprint density at radius 3 is 2.86 bits per heavy atom. The van der Waals surface area contributed by atoms with Crippen molar-refractivity contribution in [2.75, 3.05) is 44.0 Å². The van der Waals surface area contributed by atoms with Crippen LogP contribution < -0.4 is 20.5 Å². The lowest BCUT2D eigenvalue weighted by atomic mass is 10.2. The molecule has 1 aromatic carbocycles. The van der Waals surface area contributed by atoms with E-state index in [4.69, 9.17) is 14.7 Å². The predicted octanol–water partition coefficient (Wildman–Crippen LogP) is 3.31. The normalized spacial score (nSPS) is 15.0. The molecule has 4 aromatic heterocycles. The summed E-state index contributed by atoms with van der Waals surface area (Å²) in [6, 6.07) is 11.8. The van der Waals surface area contributed by atoms with Gasteiger partial charge in [-0.15, -0.1) is 0 Å². The number of nitrogens with one attached hydrogen (secondary N) is 1. The van der Waals surface area contributed by atoms with E-state index in [1.165, 1.54) is 0 Å². The quantitative estimate of drug-likeness (QED) is 0.323. The summed E-state index contributed by atoms with van der Waals surface area (Å²) in [5, 5.41) is 4.79. The number of aromatic nitrogens is 6. The van der Waals surface area contributed by atoms with Gasteiger partial charge >= 0.3 is 0 Å². The van der Waals surface area contributed by atoms with Gasteiger partial charge in [-0.3, -0.25) is 14.5 Å². The summed E-state index contributed by atoms with van der Waals surface area (Å²) < 4.78 is 11.2. The Morgan fingerprint density at radius 2 is 1.98 bits per heavy atom. The summed E-state index contributed by atoms with van der Waals surface area (Å²) in [5.74, 6) is 1.67. The molecule has 0 radical (unpaired) electrons. The lowest BCUT2D eigenvalue weighted by Crippen LogP contribution is -2.40. The molecule has 2 bridgehead atoms. The van der Waals surface area contributed by atoms with Crippen LogP contribution in [-0.2, 0) is 17.9 Å². The van der Waals surface area contributed by atoms with E-state index in [9.17, 15) is 9.59 Å². The predicted molar refractivity (Wildman–Crippen MR) is 161 cm³/mol. The van der Waals surface area contributed by atoms with E-state index in [2.05, 4.69) is 58.3 Å². The molecule has 12 nitrogen and oxygen atoms in total.